The van der Waals surface area contributed by atoms with E-state index in [1.165, 1.54) is 24.3 Å². The topological polar surface area (TPSA) is 70.6 Å². The number of hydrogen-bond donors (Lipinski definition) is 2. The smallest absolute Gasteiger partial charge is 0.318 e. The largest absolute Gasteiger partial charge is 0.329 e. The molecule has 0 heterocycles. The van der Waals surface area contributed by atoms with Crippen molar-refractivity contribution in [3.63, 3.8) is 0 Å². The van der Waals surface area contributed by atoms with Gasteiger partial charge in [0.25, 0.3) is 0 Å². The van der Waals surface area contributed by atoms with E-state index < -0.39 is 11.8 Å². The van der Waals surface area contributed by atoms with Crippen LogP contribution in [0.25, 0.3) is 0 Å². The number of benzene rings is 2. The van der Waals surface area contributed by atoms with Gasteiger partial charge in [-0.25, -0.2) is 9.82 Å². The van der Waals surface area contributed by atoms with Crippen molar-refractivity contribution in [1.82, 2.24) is 5.43 Å². The van der Waals surface area contributed by atoms with Gasteiger partial charge in [0.05, 0.1) is 5.71 Å². The van der Waals surface area contributed by atoms with E-state index in [0.717, 1.165) is 4.47 Å². The van der Waals surface area contributed by atoms with Crippen molar-refractivity contribution < 1.29 is 14.0 Å². The average Bonchev–Trinajstić information content (AvgIpc) is 2.55. The molecule has 2 aromatic carbocycles. The summed E-state index contributed by atoms with van der Waals surface area (Å²) in [4.78, 5) is 23.4. The van der Waals surface area contributed by atoms with Gasteiger partial charge in [-0.2, -0.15) is 5.10 Å². The number of halogens is 2. The third-order valence-corrected chi connectivity index (χ3v) is 3.42. The molecule has 7 heteroatoms. The molecule has 23 heavy (non-hydrogen) atoms. The van der Waals surface area contributed by atoms with Crippen molar-refractivity contribution in [2.45, 2.75) is 6.92 Å². The van der Waals surface area contributed by atoms with E-state index in [0.29, 0.717) is 17.0 Å². The van der Waals surface area contributed by atoms with E-state index in [1.807, 2.05) is 0 Å². The molecule has 0 aliphatic heterocycles. The van der Waals surface area contributed by atoms with Crippen molar-refractivity contribution in [3.8, 4) is 0 Å². The highest BCUT2D eigenvalue weighted by molar-refractivity contribution is 9.10. The predicted octanol–water partition coefficient (Wildman–Crippen LogP) is 3.07. The number of carbonyl (C=O) groups excluding carboxylic acids is 2. The zero-order valence-corrected chi connectivity index (χ0v) is 13.7. The fourth-order valence-corrected chi connectivity index (χ4v) is 1.93. The molecule has 0 aliphatic rings. The maximum atomic E-state index is 12.8. The molecule has 0 bridgehead atoms. The minimum atomic E-state index is -0.894. The van der Waals surface area contributed by atoms with Crippen LogP contribution in [0.1, 0.15) is 12.5 Å². The van der Waals surface area contributed by atoms with Gasteiger partial charge in [-0.05, 0) is 48.9 Å². The predicted molar refractivity (Wildman–Crippen MR) is 89.5 cm³/mol. The summed E-state index contributed by atoms with van der Waals surface area (Å²) in [5.74, 6) is -2.09. The van der Waals surface area contributed by atoms with Crippen LogP contribution in [-0.2, 0) is 9.59 Å². The number of hydrazone groups is 1. The van der Waals surface area contributed by atoms with Crippen molar-refractivity contribution in [3.05, 3.63) is 64.4 Å². The van der Waals surface area contributed by atoms with Crippen molar-refractivity contribution in [2.75, 3.05) is 5.32 Å². The Kier molecular flexibility index (Phi) is 5.59. The molecule has 0 spiro atoms. The maximum Gasteiger partial charge on any atom is 0.329 e. The third-order valence-electron chi connectivity index (χ3n) is 2.90. The van der Waals surface area contributed by atoms with Gasteiger partial charge in [-0.3, -0.25) is 9.59 Å². The van der Waals surface area contributed by atoms with Crippen LogP contribution < -0.4 is 10.7 Å². The van der Waals surface area contributed by atoms with Gasteiger partial charge in [-0.15, -0.1) is 0 Å². The van der Waals surface area contributed by atoms with Gasteiger partial charge < -0.3 is 5.32 Å². The minimum absolute atomic E-state index is 0.362. The fourth-order valence-electron chi connectivity index (χ4n) is 1.66. The quantitative estimate of drug-likeness (QED) is 0.490. The number of carbonyl (C=O) groups is 2. The highest BCUT2D eigenvalue weighted by atomic mass is 79.9. The Labute approximate surface area is 140 Å². The summed E-state index contributed by atoms with van der Waals surface area (Å²) in [7, 11) is 0. The second kappa shape index (κ2) is 7.64. The van der Waals surface area contributed by atoms with E-state index in [9.17, 15) is 14.0 Å². The molecule has 0 aromatic heterocycles. The standard InChI is InChI=1S/C16H13BrFN3O2/c1-10(11-2-6-13(18)7-3-11)20-21-16(23)15(22)19-14-8-4-12(17)5-9-14/h2-9H,1H3,(H,19,22)(H,21,23)/b20-10+. The highest BCUT2D eigenvalue weighted by Gasteiger charge is 2.13. The van der Waals surface area contributed by atoms with Crippen molar-refractivity contribution in [2.24, 2.45) is 5.10 Å². The van der Waals surface area contributed by atoms with Gasteiger partial charge in [-0.1, -0.05) is 28.1 Å². The van der Waals surface area contributed by atoms with Crippen LogP contribution in [0, 0.1) is 5.82 Å². The summed E-state index contributed by atoms with van der Waals surface area (Å²) in [6.45, 7) is 1.64. The van der Waals surface area contributed by atoms with Gasteiger partial charge in [0.15, 0.2) is 0 Å². The molecular weight excluding hydrogens is 365 g/mol. The number of hydrogen-bond acceptors (Lipinski definition) is 3. The Morgan fingerprint density at radius 3 is 2.22 bits per heavy atom. The molecule has 0 saturated heterocycles. The van der Waals surface area contributed by atoms with Crippen LogP contribution >= 0.6 is 15.9 Å². The Morgan fingerprint density at radius 1 is 1.00 bits per heavy atom. The van der Waals surface area contributed by atoms with E-state index in [1.54, 1.807) is 31.2 Å². The fraction of sp³-hybridized carbons (Fsp3) is 0.0625. The van der Waals surface area contributed by atoms with Crippen LogP contribution in [-0.4, -0.2) is 17.5 Å². The molecule has 0 radical (unpaired) electrons. The van der Waals surface area contributed by atoms with E-state index in [-0.39, 0.29) is 5.82 Å². The second-order valence-electron chi connectivity index (χ2n) is 4.61. The molecule has 2 rings (SSSR count). The molecule has 2 N–H and O–H groups in total. The number of nitrogens with one attached hydrogen (secondary N) is 2. The maximum absolute atomic E-state index is 12.8. The molecule has 0 saturated carbocycles. The summed E-state index contributed by atoms with van der Waals surface area (Å²) in [6.07, 6.45) is 0. The number of anilines is 1. The lowest BCUT2D eigenvalue weighted by Gasteiger charge is -2.05. The highest BCUT2D eigenvalue weighted by Crippen LogP contribution is 2.13. The molecule has 5 nitrogen and oxygen atoms in total. The molecule has 2 amide bonds. The Balaban J connectivity index is 1.95. The first-order valence-corrected chi connectivity index (χ1v) is 7.42. The number of nitrogens with zero attached hydrogens (tertiary/aromatic N) is 1. The summed E-state index contributed by atoms with van der Waals surface area (Å²) >= 11 is 3.27. The lowest BCUT2D eigenvalue weighted by atomic mass is 10.1. The van der Waals surface area contributed by atoms with Gasteiger partial charge in [0.2, 0.25) is 0 Å². The lowest BCUT2D eigenvalue weighted by Crippen LogP contribution is -2.32. The first kappa shape index (κ1) is 16.8. The van der Waals surface area contributed by atoms with E-state index in [2.05, 4.69) is 31.8 Å². The molecule has 0 unspecified atom stereocenters. The summed E-state index contributed by atoms with van der Waals surface area (Å²) in [6, 6.07) is 12.4. The Hall–Kier alpha value is -2.54. The number of rotatable bonds is 3. The second-order valence-corrected chi connectivity index (χ2v) is 5.52. The van der Waals surface area contributed by atoms with Crippen LogP contribution in [0.15, 0.2) is 58.1 Å². The van der Waals surface area contributed by atoms with Crippen LogP contribution in [0.3, 0.4) is 0 Å². The van der Waals surface area contributed by atoms with Crippen molar-refractivity contribution >= 4 is 39.1 Å². The molecule has 0 aliphatic carbocycles. The SMILES string of the molecule is C/C(=N\NC(=O)C(=O)Nc1ccc(Br)cc1)c1ccc(F)cc1. The molecule has 0 atom stereocenters. The molecule has 118 valence electrons. The van der Waals surface area contributed by atoms with Gasteiger partial charge in [0, 0.05) is 10.2 Å². The van der Waals surface area contributed by atoms with Crippen LogP contribution in [0.2, 0.25) is 0 Å². The summed E-state index contributed by atoms with van der Waals surface area (Å²) in [5.41, 5.74) is 3.75. The zero-order chi connectivity index (χ0) is 16.8. The minimum Gasteiger partial charge on any atom is -0.318 e. The Bertz CT molecular complexity index is 743. The molecular formula is C16H13BrFN3O2. The Morgan fingerprint density at radius 2 is 1.61 bits per heavy atom. The first-order chi connectivity index (χ1) is 11.0. The lowest BCUT2D eigenvalue weighted by molar-refractivity contribution is -0.136. The van der Waals surface area contributed by atoms with Crippen LogP contribution in [0.5, 0.6) is 0 Å². The molecule has 0 fully saturated rings. The monoisotopic (exact) mass is 377 g/mol. The van der Waals surface area contributed by atoms with E-state index in [4.69, 9.17) is 0 Å². The number of amides is 2. The summed E-state index contributed by atoms with van der Waals surface area (Å²) in [5, 5.41) is 6.28. The van der Waals surface area contributed by atoms with Gasteiger partial charge in [0.1, 0.15) is 5.82 Å². The van der Waals surface area contributed by atoms with Gasteiger partial charge >= 0.3 is 11.8 Å². The van der Waals surface area contributed by atoms with Crippen molar-refractivity contribution in [1.29, 1.82) is 0 Å². The zero-order valence-electron chi connectivity index (χ0n) is 12.1. The van der Waals surface area contributed by atoms with E-state index >= 15 is 0 Å². The first-order valence-electron chi connectivity index (χ1n) is 6.63. The molecule has 2 aromatic rings. The van der Waals surface area contributed by atoms with Crippen LogP contribution in [0.4, 0.5) is 10.1 Å². The third kappa shape index (κ3) is 5.00. The summed E-state index contributed by atoms with van der Waals surface area (Å²) < 4.78 is 13.7. The average molecular weight is 378 g/mol. The normalized spacial score (nSPS) is 11.0.